The highest BCUT2D eigenvalue weighted by atomic mass is 79.9. The number of carbonyl (C=O) groups is 3. The lowest BCUT2D eigenvalue weighted by atomic mass is 9.96. The van der Waals surface area contributed by atoms with Gasteiger partial charge in [0.25, 0.3) is 0 Å². The molecule has 0 saturated carbocycles. The fraction of sp³-hybridized carbons (Fsp3) is 0.769. The first kappa shape index (κ1) is 16.9. The number of alkyl carbamates (subject to hydrolysis) is 1. The molecule has 0 aromatic heterocycles. The Morgan fingerprint density at radius 2 is 2.15 bits per heavy atom. The molecule has 20 heavy (non-hydrogen) atoms. The number of amides is 2. The number of carbonyl (C=O) groups excluding carboxylic acids is 3. The second-order valence-corrected chi connectivity index (χ2v) is 6.37. The molecule has 6 nitrogen and oxygen atoms in total. The minimum Gasteiger partial charge on any atom is -0.444 e. The summed E-state index contributed by atoms with van der Waals surface area (Å²) in [7, 11) is 0. The van der Waals surface area contributed by atoms with Crippen LogP contribution in [0, 0.1) is 5.92 Å². The average molecular weight is 349 g/mol. The van der Waals surface area contributed by atoms with Crippen LogP contribution in [0.4, 0.5) is 4.79 Å². The van der Waals surface area contributed by atoms with Crippen molar-refractivity contribution in [1.29, 1.82) is 0 Å². The molecule has 2 unspecified atom stereocenters. The van der Waals surface area contributed by atoms with Crippen LogP contribution in [-0.4, -0.2) is 41.3 Å². The molecule has 0 bridgehead atoms. The van der Waals surface area contributed by atoms with Crippen LogP contribution in [0.5, 0.6) is 0 Å². The number of nitrogens with one attached hydrogen (secondary N) is 2. The SMILES string of the molecule is CC(C)(C)OC(=O)NC(CC1CCNC1=O)C(=O)CBr. The number of hydrogen-bond acceptors (Lipinski definition) is 4. The molecule has 7 heteroatoms. The number of ketones is 1. The molecule has 0 spiro atoms. The van der Waals surface area contributed by atoms with Gasteiger partial charge >= 0.3 is 6.09 Å². The predicted molar refractivity (Wildman–Crippen MR) is 77.7 cm³/mol. The summed E-state index contributed by atoms with van der Waals surface area (Å²) < 4.78 is 5.14. The third-order valence-electron chi connectivity index (χ3n) is 2.89. The highest BCUT2D eigenvalue weighted by molar-refractivity contribution is 9.09. The molecule has 1 rings (SSSR count). The fourth-order valence-corrected chi connectivity index (χ4v) is 2.36. The van der Waals surface area contributed by atoms with Gasteiger partial charge in [0.05, 0.1) is 11.4 Å². The number of alkyl halides is 1. The molecule has 2 atom stereocenters. The van der Waals surface area contributed by atoms with Crippen LogP contribution in [-0.2, 0) is 14.3 Å². The maximum absolute atomic E-state index is 11.9. The van der Waals surface area contributed by atoms with E-state index in [4.69, 9.17) is 4.74 Å². The monoisotopic (exact) mass is 348 g/mol. The number of Topliss-reactive ketones (excluding diaryl/α,β-unsaturated/α-hetero) is 1. The third kappa shape index (κ3) is 5.48. The van der Waals surface area contributed by atoms with E-state index in [-0.39, 0.29) is 22.9 Å². The molecule has 1 saturated heterocycles. The molecular formula is C13H21BrN2O4. The van der Waals surface area contributed by atoms with Crippen LogP contribution >= 0.6 is 15.9 Å². The van der Waals surface area contributed by atoms with E-state index in [0.29, 0.717) is 19.4 Å². The maximum Gasteiger partial charge on any atom is 0.408 e. The Morgan fingerprint density at radius 1 is 1.50 bits per heavy atom. The van der Waals surface area contributed by atoms with Crippen LogP contribution in [0.1, 0.15) is 33.6 Å². The first-order chi connectivity index (χ1) is 9.23. The Hall–Kier alpha value is -1.11. The Bertz CT molecular complexity index is 392. The van der Waals surface area contributed by atoms with E-state index in [9.17, 15) is 14.4 Å². The van der Waals surface area contributed by atoms with Gasteiger partial charge in [0, 0.05) is 12.5 Å². The molecule has 0 aliphatic carbocycles. The van der Waals surface area contributed by atoms with Gasteiger partial charge in [-0.3, -0.25) is 9.59 Å². The van der Waals surface area contributed by atoms with Crippen LogP contribution in [0.25, 0.3) is 0 Å². The van der Waals surface area contributed by atoms with Crippen molar-refractivity contribution in [2.45, 2.75) is 45.3 Å². The second-order valence-electron chi connectivity index (χ2n) is 5.81. The van der Waals surface area contributed by atoms with Crippen molar-refractivity contribution in [1.82, 2.24) is 10.6 Å². The quantitative estimate of drug-likeness (QED) is 0.735. The van der Waals surface area contributed by atoms with Crippen LogP contribution in [0.15, 0.2) is 0 Å². The van der Waals surface area contributed by atoms with Gasteiger partial charge in [0.2, 0.25) is 5.91 Å². The molecule has 2 amide bonds. The van der Waals surface area contributed by atoms with Gasteiger partial charge in [-0.25, -0.2) is 4.79 Å². The first-order valence-electron chi connectivity index (χ1n) is 6.59. The maximum atomic E-state index is 11.9. The van der Waals surface area contributed by atoms with E-state index in [1.807, 2.05) is 0 Å². The highest BCUT2D eigenvalue weighted by Gasteiger charge is 2.31. The Balaban J connectivity index is 2.62. The summed E-state index contributed by atoms with van der Waals surface area (Å²) in [5.41, 5.74) is -0.628. The van der Waals surface area contributed by atoms with Crippen molar-refractivity contribution in [3.05, 3.63) is 0 Å². The Kier molecular flexibility index (Phi) is 5.98. The zero-order valence-corrected chi connectivity index (χ0v) is 13.6. The topological polar surface area (TPSA) is 84.5 Å². The minimum atomic E-state index is -0.710. The van der Waals surface area contributed by atoms with Crippen molar-refractivity contribution in [3.63, 3.8) is 0 Å². The van der Waals surface area contributed by atoms with Gasteiger partial charge in [0.15, 0.2) is 5.78 Å². The molecule has 0 radical (unpaired) electrons. The van der Waals surface area contributed by atoms with Gasteiger partial charge in [0.1, 0.15) is 5.60 Å². The summed E-state index contributed by atoms with van der Waals surface area (Å²) >= 11 is 3.09. The van der Waals surface area contributed by atoms with Gasteiger partial charge < -0.3 is 15.4 Å². The zero-order chi connectivity index (χ0) is 15.3. The van der Waals surface area contributed by atoms with Gasteiger partial charge in [-0.2, -0.15) is 0 Å². The molecule has 1 aliphatic rings. The standard InChI is InChI=1S/C13H21BrN2O4/c1-13(2,3)20-12(19)16-9(10(17)7-14)6-8-4-5-15-11(8)18/h8-9H,4-7H2,1-3H3,(H,15,18)(H,16,19). The largest absolute Gasteiger partial charge is 0.444 e. The van der Waals surface area contributed by atoms with Crippen molar-refractivity contribution in [3.8, 4) is 0 Å². The van der Waals surface area contributed by atoms with Crippen molar-refractivity contribution >= 4 is 33.7 Å². The minimum absolute atomic E-state index is 0.0663. The predicted octanol–water partition coefficient (Wildman–Crippen LogP) is 1.37. The fourth-order valence-electron chi connectivity index (χ4n) is 1.97. The Labute approximate surface area is 127 Å². The number of ether oxygens (including phenoxy) is 1. The van der Waals surface area contributed by atoms with E-state index in [1.54, 1.807) is 20.8 Å². The average Bonchev–Trinajstić information content (AvgIpc) is 2.70. The van der Waals surface area contributed by atoms with Gasteiger partial charge in [-0.1, -0.05) is 15.9 Å². The van der Waals surface area contributed by atoms with Crippen LogP contribution < -0.4 is 10.6 Å². The lowest BCUT2D eigenvalue weighted by molar-refractivity contribution is -0.123. The summed E-state index contributed by atoms with van der Waals surface area (Å²) in [6, 6.07) is -0.710. The summed E-state index contributed by atoms with van der Waals surface area (Å²) in [6.07, 6.45) is 0.339. The molecule has 114 valence electrons. The van der Waals surface area contributed by atoms with Crippen LogP contribution in [0.2, 0.25) is 0 Å². The molecule has 1 heterocycles. The number of hydrogen-bond donors (Lipinski definition) is 2. The molecule has 0 aromatic rings. The normalized spacial score (nSPS) is 20.2. The molecule has 2 N–H and O–H groups in total. The second kappa shape index (κ2) is 7.06. The van der Waals surface area contributed by atoms with E-state index in [1.165, 1.54) is 0 Å². The van der Waals surface area contributed by atoms with E-state index < -0.39 is 17.7 Å². The summed E-state index contributed by atoms with van der Waals surface area (Å²) in [4.78, 5) is 35.2. The summed E-state index contributed by atoms with van der Waals surface area (Å²) in [6.45, 7) is 5.86. The van der Waals surface area contributed by atoms with Crippen molar-refractivity contribution in [2.75, 3.05) is 11.9 Å². The zero-order valence-electron chi connectivity index (χ0n) is 12.0. The van der Waals surface area contributed by atoms with E-state index in [0.717, 1.165) is 0 Å². The first-order valence-corrected chi connectivity index (χ1v) is 7.71. The van der Waals surface area contributed by atoms with Crippen LogP contribution in [0.3, 0.4) is 0 Å². The lowest BCUT2D eigenvalue weighted by Crippen LogP contribution is -2.45. The third-order valence-corrected chi connectivity index (χ3v) is 3.45. The van der Waals surface area contributed by atoms with E-state index in [2.05, 4.69) is 26.6 Å². The molecular weight excluding hydrogens is 328 g/mol. The van der Waals surface area contributed by atoms with Crippen molar-refractivity contribution < 1.29 is 19.1 Å². The summed E-state index contributed by atoms with van der Waals surface area (Å²) in [5, 5.41) is 5.40. The Morgan fingerprint density at radius 3 is 2.60 bits per heavy atom. The van der Waals surface area contributed by atoms with Crippen molar-refractivity contribution in [2.24, 2.45) is 5.92 Å². The molecule has 1 fully saturated rings. The number of rotatable bonds is 5. The van der Waals surface area contributed by atoms with E-state index >= 15 is 0 Å². The van der Waals surface area contributed by atoms with Gasteiger partial charge in [-0.15, -0.1) is 0 Å². The molecule has 0 aromatic carbocycles. The number of halogens is 1. The molecule has 1 aliphatic heterocycles. The van der Waals surface area contributed by atoms with Gasteiger partial charge in [-0.05, 0) is 33.6 Å². The smallest absolute Gasteiger partial charge is 0.408 e. The lowest BCUT2D eigenvalue weighted by Gasteiger charge is -2.23. The highest BCUT2D eigenvalue weighted by Crippen LogP contribution is 2.17. The summed E-state index contributed by atoms with van der Waals surface area (Å²) in [5.74, 6) is -0.475.